The summed E-state index contributed by atoms with van der Waals surface area (Å²) in [4.78, 5) is 3.31. The fourth-order valence-electron chi connectivity index (χ4n) is 1.68. The average Bonchev–Trinajstić information content (AvgIpc) is 2.66. The molecule has 0 bridgehead atoms. The van der Waals surface area contributed by atoms with Crippen LogP contribution in [0.4, 0.5) is 0 Å². The highest BCUT2D eigenvalue weighted by atomic mass is 32.1. The molecule has 0 aliphatic carbocycles. The molecule has 1 heterocycles. The molecule has 0 spiro atoms. The standard InChI is InChI=1S/C12H14N4S/c1-8-10(7-14-16-12(17)13-2)9-5-3-4-6-11(9)15-8/h3-7,15H,1-2H3,(H2,13,16,17)/b14-7+. The first kappa shape index (κ1) is 11.6. The maximum absolute atomic E-state index is 4.93. The van der Waals surface area contributed by atoms with Crippen molar-refractivity contribution in [3.8, 4) is 0 Å². The summed E-state index contributed by atoms with van der Waals surface area (Å²) < 4.78 is 0. The zero-order valence-electron chi connectivity index (χ0n) is 9.74. The molecule has 1 aromatic carbocycles. The van der Waals surface area contributed by atoms with E-state index in [4.69, 9.17) is 12.2 Å². The van der Waals surface area contributed by atoms with E-state index < -0.39 is 0 Å². The summed E-state index contributed by atoms with van der Waals surface area (Å²) in [5.41, 5.74) is 6.02. The van der Waals surface area contributed by atoms with Gasteiger partial charge in [0.05, 0.1) is 6.21 Å². The molecule has 5 heteroatoms. The van der Waals surface area contributed by atoms with Crippen LogP contribution in [-0.4, -0.2) is 23.4 Å². The van der Waals surface area contributed by atoms with Crippen LogP contribution < -0.4 is 10.7 Å². The lowest BCUT2D eigenvalue weighted by molar-refractivity contribution is 0.982. The van der Waals surface area contributed by atoms with Crippen LogP contribution in [-0.2, 0) is 0 Å². The van der Waals surface area contributed by atoms with Crippen LogP contribution in [0, 0.1) is 6.92 Å². The number of H-pyrrole nitrogens is 1. The van der Waals surface area contributed by atoms with Crippen molar-refractivity contribution in [2.75, 3.05) is 7.05 Å². The van der Waals surface area contributed by atoms with E-state index in [1.54, 1.807) is 13.3 Å². The van der Waals surface area contributed by atoms with Crippen molar-refractivity contribution in [2.45, 2.75) is 6.92 Å². The Bertz CT molecular complexity index is 571. The zero-order chi connectivity index (χ0) is 12.3. The van der Waals surface area contributed by atoms with Gasteiger partial charge in [0, 0.05) is 29.2 Å². The molecule has 3 N–H and O–H groups in total. The Morgan fingerprint density at radius 3 is 2.94 bits per heavy atom. The minimum atomic E-state index is 0.499. The Hall–Kier alpha value is -1.88. The molecule has 0 unspecified atom stereocenters. The Morgan fingerprint density at radius 2 is 2.18 bits per heavy atom. The van der Waals surface area contributed by atoms with E-state index >= 15 is 0 Å². The molecule has 1 aromatic heterocycles. The van der Waals surface area contributed by atoms with E-state index in [0.29, 0.717) is 5.11 Å². The second-order valence-corrected chi connectivity index (χ2v) is 4.07. The average molecular weight is 246 g/mol. The molecule has 4 nitrogen and oxygen atoms in total. The van der Waals surface area contributed by atoms with Crippen LogP contribution in [0.5, 0.6) is 0 Å². The normalized spacial score (nSPS) is 10.9. The molecule has 17 heavy (non-hydrogen) atoms. The summed E-state index contributed by atoms with van der Waals surface area (Å²) >= 11 is 4.93. The van der Waals surface area contributed by atoms with Crippen molar-refractivity contribution in [3.05, 3.63) is 35.5 Å². The highest BCUT2D eigenvalue weighted by molar-refractivity contribution is 7.80. The van der Waals surface area contributed by atoms with Gasteiger partial charge in [-0.3, -0.25) is 5.43 Å². The van der Waals surface area contributed by atoms with Crippen LogP contribution in [0.2, 0.25) is 0 Å². The molecule has 2 rings (SSSR count). The number of rotatable bonds is 2. The molecule has 0 saturated heterocycles. The summed E-state index contributed by atoms with van der Waals surface area (Å²) in [6, 6.07) is 8.13. The van der Waals surface area contributed by atoms with Crippen LogP contribution in [0.3, 0.4) is 0 Å². The van der Waals surface area contributed by atoms with Crippen LogP contribution >= 0.6 is 12.2 Å². The molecule has 0 fully saturated rings. The number of hydrogen-bond donors (Lipinski definition) is 3. The Labute approximate surface area is 105 Å². The molecule has 88 valence electrons. The molecule has 0 saturated carbocycles. The van der Waals surface area contributed by atoms with E-state index in [1.807, 2.05) is 25.1 Å². The Balaban J connectivity index is 2.29. The van der Waals surface area contributed by atoms with E-state index in [-0.39, 0.29) is 0 Å². The number of nitrogens with one attached hydrogen (secondary N) is 3. The fourth-order valence-corrected chi connectivity index (χ4v) is 1.73. The summed E-state index contributed by atoms with van der Waals surface area (Å²) in [6.07, 6.45) is 1.78. The first-order chi connectivity index (χ1) is 8.22. The summed E-state index contributed by atoms with van der Waals surface area (Å²) in [6.45, 7) is 2.03. The van der Waals surface area contributed by atoms with Gasteiger partial charge in [0.25, 0.3) is 0 Å². The first-order valence-electron chi connectivity index (χ1n) is 5.30. The van der Waals surface area contributed by atoms with Crippen molar-refractivity contribution in [2.24, 2.45) is 5.10 Å². The molecule has 0 amide bonds. The highest BCUT2D eigenvalue weighted by Crippen LogP contribution is 2.19. The monoisotopic (exact) mass is 246 g/mol. The molecular weight excluding hydrogens is 232 g/mol. The van der Waals surface area contributed by atoms with E-state index in [1.165, 1.54) is 0 Å². The van der Waals surface area contributed by atoms with E-state index in [0.717, 1.165) is 22.2 Å². The van der Waals surface area contributed by atoms with Crippen molar-refractivity contribution in [3.63, 3.8) is 0 Å². The number of benzene rings is 1. The predicted molar refractivity (Wildman–Crippen MR) is 75.4 cm³/mol. The number of fused-ring (bicyclic) bond motifs is 1. The maximum Gasteiger partial charge on any atom is 0.186 e. The highest BCUT2D eigenvalue weighted by Gasteiger charge is 2.04. The predicted octanol–water partition coefficient (Wildman–Crippen LogP) is 1.90. The molecular formula is C12H14N4S. The van der Waals surface area contributed by atoms with Gasteiger partial charge in [0.2, 0.25) is 0 Å². The summed E-state index contributed by atoms with van der Waals surface area (Å²) in [5.74, 6) is 0. The lowest BCUT2D eigenvalue weighted by Gasteiger charge is -1.99. The van der Waals surface area contributed by atoms with Crippen molar-refractivity contribution >= 4 is 34.4 Å². The van der Waals surface area contributed by atoms with Crippen LogP contribution in [0.1, 0.15) is 11.3 Å². The Morgan fingerprint density at radius 1 is 1.41 bits per heavy atom. The number of aryl methyl sites for hydroxylation is 1. The van der Waals surface area contributed by atoms with Gasteiger partial charge >= 0.3 is 0 Å². The SMILES string of the molecule is CNC(=S)N/N=C/c1c(C)[nH]c2ccccc12. The van der Waals surface area contributed by atoms with Gasteiger partial charge in [-0.1, -0.05) is 18.2 Å². The van der Waals surface area contributed by atoms with Crippen molar-refractivity contribution in [1.82, 2.24) is 15.7 Å². The third-order valence-electron chi connectivity index (χ3n) is 2.53. The third kappa shape index (κ3) is 2.45. The van der Waals surface area contributed by atoms with E-state index in [9.17, 15) is 0 Å². The molecule has 0 atom stereocenters. The number of para-hydroxylation sites is 1. The fraction of sp³-hybridized carbons (Fsp3) is 0.167. The largest absolute Gasteiger partial charge is 0.364 e. The Kier molecular flexibility index (Phi) is 3.39. The first-order valence-corrected chi connectivity index (χ1v) is 5.71. The van der Waals surface area contributed by atoms with Crippen molar-refractivity contribution < 1.29 is 0 Å². The zero-order valence-corrected chi connectivity index (χ0v) is 10.6. The van der Waals surface area contributed by atoms with Gasteiger partial charge in [-0.2, -0.15) is 5.10 Å². The third-order valence-corrected chi connectivity index (χ3v) is 2.83. The van der Waals surface area contributed by atoms with Gasteiger partial charge in [0.15, 0.2) is 5.11 Å². The van der Waals surface area contributed by atoms with Gasteiger partial charge in [0.1, 0.15) is 0 Å². The topological polar surface area (TPSA) is 52.2 Å². The van der Waals surface area contributed by atoms with Gasteiger partial charge < -0.3 is 10.3 Å². The van der Waals surface area contributed by atoms with E-state index in [2.05, 4.69) is 26.9 Å². The number of hydrogen-bond acceptors (Lipinski definition) is 2. The minimum Gasteiger partial charge on any atom is -0.364 e. The molecule has 2 aromatic rings. The molecule has 0 radical (unpaired) electrons. The minimum absolute atomic E-state index is 0.499. The van der Waals surface area contributed by atoms with Gasteiger partial charge in [-0.25, -0.2) is 0 Å². The molecule has 0 aliphatic heterocycles. The number of nitrogens with zero attached hydrogens (tertiary/aromatic N) is 1. The summed E-state index contributed by atoms with van der Waals surface area (Å²) in [5, 5.41) is 8.55. The summed E-state index contributed by atoms with van der Waals surface area (Å²) in [7, 11) is 1.75. The molecule has 0 aliphatic rings. The smallest absolute Gasteiger partial charge is 0.186 e. The maximum atomic E-state index is 4.93. The number of aromatic amines is 1. The number of aromatic nitrogens is 1. The van der Waals surface area contributed by atoms with Crippen LogP contribution in [0.25, 0.3) is 10.9 Å². The quantitative estimate of drug-likeness (QED) is 0.431. The second-order valence-electron chi connectivity index (χ2n) is 3.66. The van der Waals surface area contributed by atoms with Crippen molar-refractivity contribution in [1.29, 1.82) is 0 Å². The number of thiocarbonyl (C=S) groups is 1. The lowest BCUT2D eigenvalue weighted by atomic mass is 10.1. The lowest BCUT2D eigenvalue weighted by Crippen LogP contribution is -2.28. The second kappa shape index (κ2) is 4.97. The van der Waals surface area contributed by atoms with Gasteiger partial charge in [-0.05, 0) is 25.2 Å². The number of hydrazone groups is 1. The van der Waals surface area contributed by atoms with Gasteiger partial charge in [-0.15, -0.1) is 0 Å². The van der Waals surface area contributed by atoms with Crippen LogP contribution in [0.15, 0.2) is 29.4 Å².